The van der Waals surface area contributed by atoms with E-state index < -0.39 is 18.0 Å². The number of rotatable bonds is 11. The van der Waals surface area contributed by atoms with Crippen LogP contribution in [0.5, 0.6) is 5.75 Å². The number of thioether (sulfide) groups is 1. The summed E-state index contributed by atoms with van der Waals surface area (Å²) in [6.45, 7) is 2.35. The number of carboxylic acid groups (broad SMARTS) is 1. The molecule has 3 aromatic rings. The van der Waals surface area contributed by atoms with Gasteiger partial charge in [0.25, 0.3) is 0 Å². The normalized spacial score (nSPS) is 19.3. The number of fused-ring (bicyclic) bond motifs is 1. The fourth-order valence-electron chi connectivity index (χ4n) is 5.00. The minimum absolute atomic E-state index is 0.0551. The number of benzene rings is 2. The van der Waals surface area contributed by atoms with Crippen molar-refractivity contribution in [1.29, 1.82) is 0 Å². The van der Waals surface area contributed by atoms with Crippen LogP contribution in [0.3, 0.4) is 0 Å². The molecule has 192 valence electrons. The number of methoxy groups -OCH3 is 1. The van der Waals surface area contributed by atoms with Gasteiger partial charge in [-0.05, 0) is 105 Å². The van der Waals surface area contributed by atoms with E-state index in [2.05, 4.69) is 9.88 Å². The maximum atomic E-state index is 12.1. The third-order valence-corrected chi connectivity index (χ3v) is 8.36. The van der Waals surface area contributed by atoms with Gasteiger partial charge in [0, 0.05) is 28.0 Å². The maximum absolute atomic E-state index is 12.1. The SMILES string of the molecule is COc1ccc2nccc([C@H](O)CC[C@@H]3CCN(CCCSc4ccc(Cl)cc4)C[C@@H]3C(=O)O)c2c1. The number of pyridine rings is 1. The van der Waals surface area contributed by atoms with Gasteiger partial charge in [-0.15, -0.1) is 11.8 Å². The fourth-order valence-corrected chi connectivity index (χ4v) is 5.96. The molecule has 6 nitrogen and oxygen atoms in total. The van der Waals surface area contributed by atoms with Crippen LogP contribution in [0.4, 0.5) is 0 Å². The predicted octanol–water partition coefficient (Wildman–Crippen LogP) is 5.92. The second-order valence-corrected chi connectivity index (χ2v) is 10.9. The van der Waals surface area contributed by atoms with E-state index in [9.17, 15) is 15.0 Å². The van der Waals surface area contributed by atoms with Gasteiger partial charge in [-0.2, -0.15) is 0 Å². The van der Waals surface area contributed by atoms with Crippen LogP contribution in [0.1, 0.15) is 37.4 Å². The molecule has 4 rings (SSSR count). The van der Waals surface area contributed by atoms with E-state index >= 15 is 0 Å². The zero-order valence-electron chi connectivity index (χ0n) is 20.5. The molecule has 8 heteroatoms. The summed E-state index contributed by atoms with van der Waals surface area (Å²) in [4.78, 5) is 19.9. The van der Waals surface area contributed by atoms with Gasteiger partial charge in [0.2, 0.25) is 0 Å². The average Bonchev–Trinajstić information content (AvgIpc) is 2.90. The molecule has 0 saturated carbocycles. The number of aromatic nitrogens is 1. The lowest BCUT2D eigenvalue weighted by molar-refractivity contribution is -0.146. The number of aliphatic carboxylic acids is 1. The molecular weight excluding hydrogens is 496 g/mol. The largest absolute Gasteiger partial charge is 0.497 e. The third-order valence-electron chi connectivity index (χ3n) is 7.01. The van der Waals surface area contributed by atoms with E-state index in [1.807, 2.05) is 48.5 Å². The highest BCUT2D eigenvalue weighted by atomic mass is 35.5. The first-order valence-electron chi connectivity index (χ1n) is 12.4. The zero-order chi connectivity index (χ0) is 25.5. The van der Waals surface area contributed by atoms with Gasteiger partial charge in [-0.3, -0.25) is 9.78 Å². The molecule has 0 unspecified atom stereocenters. The summed E-state index contributed by atoms with van der Waals surface area (Å²) in [5, 5.41) is 22.5. The summed E-state index contributed by atoms with van der Waals surface area (Å²) in [6.07, 6.45) is 4.05. The highest BCUT2D eigenvalue weighted by molar-refractivity contribution is 7.99. The summed E-state index contributed by atoms with van der Waals surface area (Å²) >= 11 is 7.74. The van der Waals surface area contributed by atoms with Gasteiger partial charge in [0.1, 0.15) is 5.75 Å². The van der Waals surface area contributed by atoms with Crippen LogP contribution in [0, 0.1) is 11.8 Å². The molecule has 2 heterocycles. The number of ether oxygens (including phenoxy) is 1. The number of nitrogens with zero attached hydrogens (tertiary/aromatic N) is 2. The summed E-state index contributed by atoms with van der Waals surface area (Å²) in [5.41, 5.74) is 1.61. The highest BCUT2D eigenvalue weighted by Gasteiger charge is 2.34. The lowest BCUT2D eigenvalue weighted by Crippen LogP contribution is -2.44. The van der Waals surface area contributed by atoms with Crippen molar-refractivity contribution < 1.29 is 19.7 Å². The van der Waals surface area contributed by atoms with E-state index in [-0.39, 0.29) is 5.92 Å². The molecule has 1 aromatic heterocycles. The summed E-state index contributed by atoms with van der Waals surface area (Å²) in [7, 11) is 1.62. The van der Waals surface area contributed by atoms with Crippen molar-refractivity contribution in [2.45, 2.75) is 36.7 Å². The van der Waals surface area contributed by atoms with Gasteiger partial charge in [0.15, 0.2) is 0 Å². The monoisotopic (exact) mass is 528 g/mol. The van der Waals surface area contributed by atoms with Gasteiger partial charge in [0.05, 0.1) is 24.6 Å². The minimum atomic E-state index is -0.742. The standard InChI is InChI=1S/C28H33ClN2O4S/c1-35-21-6-9-26-24(17-21)23(11-13-30-26)27(32)10-3-19-12-15-31(18-25(19)28(33)34)14-2-16-36-22-7-4-20(29)5-8-22/h4-9,11,13,17,19,25,27,32H,2-3,10,12,14-16,18H2,1H3,(H,33,34)/t19-,25+,27-/m1/s1. The quantitative estimate of drug-likeness (QED) is 0.236. The lowest BCUT2D eigenvalue weighted by atomic mass is 9.81. The maximum Gasteiger partial charge on any atom is 0.308 e. The van der Waals surface area contributed by atoms with Crippen LogP contribution in [-0.2, 0) is 4.79 Å². The Morgan fingerprint density at radius 1 is 1.25 bits per heavy atom. The topological polar surface area (TPSA) is 82.9 Å². The van der Waals surface area contributed by atoms with Crippen LogP contribution in [0.25, 0.3) is 10.9 Å². The number of piperidine rings is 1. The molecule has 1 fully saturated rings. The number of aliphatic hydroxyl groups is 1. The second kappa shape index (κ2) is 12.8. The summed E-state index contributed by atoms with van der Waals surface area (Å²) < 4.78 is 5.34. The van der Waals surface area contributed by atoms with Crippen LogP contribution >= 0.6 is 23.4 Å². The van der Waals surface area contributed by atoms with Crippen LogP contribution < -0.4 is 4.74 Å². The molecule has 2 aromatic carbocycles. The number of carbonyl (C=O) groups is 1. The van der Waals surface area contributed by atoms with Crippen LogP contribution in [-0.4, -0.2) is 58.6 Å². The Balaban J connectivity index is 1.29. The first-order valence-corrected chi connectivity index (χ1v) is 13.7. The molecule has 36 heavy (non-hydrogen) atoms. The van der Waals surface area contributed by atoms with E-state index in [1.165, 1.54) is 4.90 Å². The second-order valence-electron chi connectivity index (χ2n) is 9.33. The van der Waals surface area contributed by atoms with Crippen LogP contribution in [0.15, 0.2) is 59.6 Å². The molecule has 1 saturated heterocycles. The van der Waals surface area contributed by atoms with Crippen molar-refractivity contribution in [2.75, 3.05) is 32.5 Å². The molecule has 0 spiro atoms. The molecular formula is C28H33ClN2O4S. The van der Waals surface area contributed by atoms with Crippen molar-refractivity contribution in [1.82, 2.24) is 9.88 Å². The van der Waals surface area contributed by atoms with Crippen molar-refractivity contribution in [2.24, 2.45) is 11.8 Å². The Labute approximate surface area is 221 Å². The Kier molecular flexibility index (Phi) is 9.48. The highest BCUT2D eigenvalue weighted by Crippen LogP contribution is 2.34. The lowest BCUT2D eigenvalue weighted by Gasteiger charge is -2.37. The molecule has 2 N–H and O–H groups in total. The summed E-state index contributed by atoms with van der Waals surface area (Å²) in [5.74, 6) is 0.599. The Bertz CT molecular complexity index is 1160. The van der Waals surface area contributed by atoms with Crippen molar-refractivity contribution in [3.05, 3.63) is 65.3 Å². The van der Waals surface area contributed by atoms with E-state index in [4.69, 9.17) is 16.3 Å². The Morgan fingerprint density at radius 2 is 2.06 bits per heavy atom. The molecule has 0 aliphatic carbocycles. The predicted molar refractivity (Wildman–Crippen MR) is 145 cm³/mol. The van der Waals surface area contributed by atoms with Crippen molar-refractivity contribution in [3.8, 4) is 5.75 Å². The first-order chi connectivity index (χ1) is 17.4. The number of hydrogen-bond acceptors (Lipinski definition) is 6. The molecule has 1 aliphatic rings. The van der Waals surface area contributed by atoms with Crippen LogP contribution in [0.2, 0.25) is 5.02 Å². The number of aliphatic hydroxyl groups excluding tert-OH is 1. The number of halogens is 1. The molecule has 0 amide bonds. The number of carboxylic acids is 1. The average molecular weight is 529 g/mol. The van der Waals surface area contributed by atoms with Gasteiger partial charge in [-0.25, -0.2) is 0 Å². The van der Waals surface area contributed by atoms with Gasteiger partial charge in [-0.1, -0.05) is 11.6 Å². The minimum Gasteiger partial charge on any atom is -0.497 e. The smallest absolute Gasteiger partial charge is 0.308 e. The number of hydrogen-bond donors (Lipinski definition) is 2. The van der Waals surface area contributed by atoms with E-state index in [0.717, 1.165) is 53.2 Å². The zero-order valence-corrected chi connectivity index (χ0v) is 22.0. The molecule has 0 radical (unpaired) electrons. The fraction of sp³-hybridized carbons (Fsp3) is 0.429. The summed E-state index contributed by atoms with van der Waals surface area (Å²) in [6, 6.07) is 15.3. The molecule has 0 bridgehead atoms. The Morgan fingerprint density at radius 3 is 2.81 bits per heavy atom. The Hall–Kier alpha value is -2.32. The van der Waals surface area contributed by atoms with E-state index in [0.29, 0.717) is 25.1 Å². The van der Waals surface area contributed by atoms with Crippen molar-refractivity contribution >= 4 is 40.2 Å². The van der Waals surface area contributed by atoms with Crippen molar-refractivity contribution in [3.63, 3.8) is 0 Å². The molecule has 1 aliphatic heterocycles. The number of likely N-dealkylation sites (tertiary alicyclic amines) is 1. The van der Waals surface area contributed by atoms with Gasteiger partial charge >= 0.3 is 5.97 Å². The molecule has 3 atom stereocenters. The first kappa shape index (κ1) is 26.7. The third kappa shape index (κ3) is 6.91. The van der Waals surface area contributed by atoms with E-state index in [1.54, 1.807) is 25.1 Å². The van der Waals surface area contributed by atoms with Gasteiger partial charge < -0.3 is 19.8 Å².